The van der Waals surface area contributed by atoms with Gasteiger partial charge in [-0.05, 0) is 31.2 Å². The molecule has 2 rings (SSSR count). The summed E-state index contributed by atoms with van der Waals surface area (Å²) < 4.78 is 5.77. The van der Waals surface area contributed by atoms with Crippen LogP contribution in [0.1, 0.15) is 12.7 Å². The maximum atomic E-state index is 12.0. The summed E-state index contributed by atoms with van der Waals surface area (Å²) in [7, 11) is 0. The third-order valence-electron chi connectivity index (χ3n) is 2.72. The molecule has 6 nitrogen and oxygen atoms in total. The highest BCUT2D eigenvalue weighted by molar-refractivity contribution is 9.10. The predicted octanol–water partition coefficient (Wildman–Crippen LogP) is 2.74. The van der Waals surface area contributed by atoms with Crippen LogP contribution in [0, 0.1) is 6.92 Å². The molecule has 0 aliphatic carbocycles. The first-order valence-electron chi connectivity index (χ1n) is 6.22. The molecule has 1 aromatic heterocycles. The van der Waals surface area contributed by atoms with Gasteiger partial charge in [-0.25, -0.2) is 0 Å². The molecule has 110 valence electrons. The van der Waals surface area contributed by atoms with E-state index in [0.717, 1.165) is 4.47 Å². The Hall–Kier alpha value is -2.15. The second kappa shape index (κ2) is 6.53. The third-order valence-corrected chi connectivity index (χ3v) is 3.24. The number of hydrogen-bond acceptors (Lipinski definition) is 4. The van der Waals surface area contributed by atoms with Gasteiger partial charge in [0.25, 0.3) is 0 Å². The average molecular weight is 352 g/mol. The Balaban J connectivity index is 2.07. The van der Waals surface area contributed by atoms with Crippen LogP contribution >= 0.6 is 15.9 Å². The Labute approximate surface area is 130 Å². The molecule has 0 saturated heterocycles. The van der Waals surface area contributed by atoms with E-state index in [1.807, 2.05) is 12.1 Å². The fourth-order valence-electron chi connectivity index (χ4n) is 1.76. The highest BCUT2D eigenvalue weighted by Gasteiger charge is 2.16. The van der Waals surface area contributed by atoms with Crippen molar-refractivity contribution in [1.82, 2.24) is 5.16 Å². The summed E-state index contributed by atoms with van der Waals surface area (Å²) in [5, 5.41) is 6.26. The molecule has 2 amide bonds. The van der Waals surface area contributed by atoms with Crippen LogP contribution in [0.15, 0.2) is 39.3 Å². The molecule has 1 heterocycles. The topological polar surface area (TPSA) is 75.4 Å². The van der Waals surface area contributed by atoms with Crippen molar-refractivity contribution in [3.63, 3.8) is 0 Å². The smallest absolute Gasteiger partial charge is 0.245 e. The summed E-state index contributed by atoms with van der Waals surface area (Å²) in [6.45, 7) is 3.05. The van der Waals surface area contributed by atoms with Crippen molar-refractivity contribution in [3.8, 4) is 0 Å². The zero-order valence-electron chi connectivity index (χ0n) is 11.6. The van der Waals surface area contributed by atoms with Gasteiger partial charge in [-0.3, -0.25) is 9.59 Å². The third kappa shape index (κ3) is 4.16. The number of benzene rings is 1. The van der Waals surface area contributed by atoms with Crippen molar-refractivity contribution in [2.45, 2.75) is 13.8 Å². The second-order valence-electron chi connectivity index (χ2n) is 4.45. The van der Waals surface area contributed by atoms with Crippen molar-refractivity contribution in [2.24, 2.45) is 0 Å². The Morgan fingerprint density at radius 3 is 2.52 bits per heavy atom. The molecule has 7 heteroatoms. The molecule has 0 radical (unpaired) electrons. The van der Waals surface area contributed by atoms with Crippen LogP contribution in [-0.4, -0.2) is 23.5 Å². The number of aryl methyl sites for hydroxylation is 1. The highest BCUT2D eigenvalue weighted by Crippen LogP contribution is 2.18. The van der Waals surface area contributed by atoms with E-state index in [1.165, 1.54) is 11.8 Å². The van der Waals surface area contributed by atoms with Crippen molar-refractivity contribution in [1.29, 1.82) is 0 Å². The number of carbonyl (C=O) groups is 2. The standard InChI is InChI=1S/C14H14BrN3O3/c1-9-7-13(17-21-9)16-14(20)8-18(10(2)19)12-5-3-11(15)4-6-12/h3-7H,8H2,1-2H3,(H,16,17,20). The van der Waals surface area contributed by atoms with Gasteiger partial charge < -0.3 is 14.7 Å². The van der Waals surface area contributed by atoms with Gasteiger partial charge in [0.15, 0.2) is 5.82 Å². The van der Waals surface area contributed by atoms with Gasteiger partial charge >= 0.3 is 0 Å². The first-order chi connectivity index (χ1) is 9.95. The average Bonchev–Trinajstić information content (AvgIpc) is 2.82. The summed E-state index contributed by atoms with van der Waals surface area (Å²) in [4.78, 5) is 25.1. The SMILES string of the molecule is CC(=O)N(CC(=O)Nc1cc(C)on1)c1ccc(Br)cc1. The molecule has 0 fully saturated rings. The maximum Gasteiger partial charge on any atom is 0.245 e. The number of rotatable bonds is 4. The van der Waals surface area contributed by atoms with Gasteiger partial charge in [-0.1, -0.05) is 21.1 Å². The fraction of sp³-hybridized carbons (Fsp3) is 0.214. The first-order valence-corrected chi connectivity index (χ1v) is 7.02. The zero-order valence-corrected chi connectivity index (χ0v) is 13.2. The van der Waals surface area contributed by atoms with E-state index in [1.54, 1.807) is 25.1 Å². The lowest BCUT2D eigenvalue weighted by molar-refractivity contribution is -0.120. The van der Waals surface area contributed by atoms with Gasteiger partial charge in [0, 0.05) is 23.2 Å². The number of nitrogens with one attached hydrogen (secondary N) is 1. The molecule has 0 aliphatic heterocycles. The van der Waals surface area contributed by atoms with Crippen LogP contribution in [-0.2, 0) is 9.59 Å². The summed E-state index contributed by atoms with van der Waals surface area (Å²) in [6, 6.07) is 8.75. The van der Waals surface area contributed by atoms with E-state index in [0.29, 0.717) is 17.3 Å². The fourth-order valence-corrected chi connectivity index (χ4v) is 2.02. The van der Waals surface area contributed by atoms with Crippen LogP contribution in [0.25, 0.3) is 0 Å². The highest BCUT2D eigenvalue weighted by atomic mass is 79.9. The van der Waals surface area contributed by atoms with E-state index >= 15 is 0 Å². The Morgan fingerprint density at radius 1 is 1.33 bits per heavy atom. The molecule has 0 bridgehead atoms. The molecule has 21 heavy (non-hydrogen) atoms. The normalized spacial score (nSPS) is 10.2. The summed E-state index contributed by atoms with van der Waals surface area (Å²) in [5.41, 5.74) is 0.650. The van der Waals surface area contributed by atoms with E-state index in [2.05, 4.69) is 26.4 Å². The molecule has 0 atom stereocenters. The van der Waals surface area contributed by atoms with Crippen LogP contribution in [0.4, 0.5) is 11.5 Å². The van der Waals surface area contributed by atoms with E-state index in [4.69, 9.17) is 4.52 Å². The van der Waals surface area contributed by atoms with Crippen molar-refractivity contribution < 1.29 is 14.1 Å². The Bertz CT molecular complexity index is 652. The van der Waals surface area contributed by atoms with E-state index in [9.17, 15) is 9.59 Å². The number of halogens is 1. The summed E-state index contributed by atoms with van der Waals surface area (Å²) in [5.74, 6) is 0.365. The lowest BCUT2D eigenvalue weighted by atomic mass is 10.3. The van der Waals surface area contributed by atoms with Gasteiger partial charge in [0.05, 0.1) is 0 Å². The lowest BCUT2D eigenvalue weighted by Crippen LogP contribution is -2.36. The Kier molecular flexibility index (Phi) is 4.74. The number of amides is 2. The molecule has 0 unspecified atom stereocenters. The Morgan fingerprint density at radius 2 is 2.00 bits per heavy atom. The number of carbonyl (C=O) groups excluding carboxylic acids is 2. The molecule has 0 spiro atoms. The number of aromatic nitrogens is 1. The van der Waals surface area contributed by atoms with Crippen molar-refractivity contribution in [3.05, 3.63) is 40.6 Å². The van der Waals surface area contributed by atoms with E-state index in [-0.39, 0.29) is 18.4 Å². The van der Waals surface area contributed by atoms with Crippen LogP contribution in [0.3, 0.4) is 0 Å². The van der Waals surface area contributed by atoms with Crippen molar-refractivity contribution in [2.75, 3.05) is 16.8 Å². The van der Waals surface area contributed by atoms with Gasteiger partial charge in [-0.15, -0.1) is 0 Å². The molecule has 1 aromatic carbocycles. The number of anilines is 2. The predicted molar refractivity (Wildman–Crippen MR) is 82.0 cm³/mol. The quantitative estimate of drug-likeness (QED) is 0.918. The maximum absolute atomic E-state index is 12.0. The minimum Gasteiger partial charge on any atom is -0.360 e. The second-order valence-corrected chi connectivity index (χ2v) is 5.37. The molecule has 0 aliphatic rings. The van der Waals surface area contributed by atoms with Gasteiger partial charge in [-0.2, -0.15) is 0 Å². The zero-order chi connectivity index (χ0) is 15.4. The monoisotopic (exact) mass is 351 g/mol. The van der Waals surface area contributed by atoms with Crippen molar-refractivity contribution >= 4 is 39.2 Å². The van der Waals surface area contributed by atoms with Gasteiger partial charge in [0.1, 0.15) is 12.3 Å². The number of nitrogens with zero attached hydrogens (tertiary/aromatic N) is 2. The largest absolute Gasteiger partial charge is 0.360 e. The number of hydrogen-bond donors (Lipinski definition) is 1. The minimum absolute atomic E-state index is 0.0944. The van der Waals surface area contributed by atoms with E-state index < -0.39 is 0 Å². The molecule has 2 aromatic rings. The summed E-state index contributed by atoms with van der Waals surface area (Å²) >= 11 is 3.33. The molecule has 1 N–H and O–H groups in total. The summed E-state index contributed by atoms with van der Waals surface area (Å²) in [6.07, 6.45) is 0. The first kappa shape index (κ1) is 15.2. The van der Waals surface area contributed by atoms with Crippen LogP contribution in [0.2, 0.25) is 0 Å². The molecular formula is C14H14BrN3O3. The molecule has 0 saturated carbocycles. The van der Waals surface area contributed by atoms with Crippen LogP contribution < -0.4 is 10.2 Å². The van der Waals surface area contributed by atoms with Gasteiger partial charge in [0.2, 0.25) is 11.8 Å². The minimum atomic E-state index is -0.346. The molecular weight excluding hydrogens is 338 g/mol. The van der Waals surface area contributed by atoms with Crippen LogP contribution in [0.5, 0.6) is 0 Å². The lowest BCUT2D eigenvalue weighted by Gasteiger charge is -2.20.